The van der Waals surface area contributed by atoms with Gasteiger partial charge in [0, 0.05) is 6.42 Å². The van der Waals surface area contributed by atoms with Gasteiger partial charge < -0.3 is 10.8 Å². The van der Waals surface area contributed by atoms with Gasteiger partial charge in [0.2, 0.25) is 5.91 Å². The normalized spacial score (nSPS) is 11.4. The van der Waals surface area contributed by atoms with Gasteiger partial charge in [0.05, 0.1) is 23.7 Å². The minimum Gasteiger partial charge on any atom is -0.476 e. The number of carbonyl (C=O) groups is 2. The minimum atomic E-state index is -3.45. The number of hydrogen-bond acceptors (Lipinski definition) is 6. The van der Waals surface area contributed by atoms with Crippen LogP contribution in [0.25, 0.3) is 0 Å². The second-order valence-corrected chi connectivity index (χ2v) is 6.44. The van der Waals surface area contributed by atoms with Crippen molar-refractivity contribution in [2.45, 2.75) is 26.3 Å². The minimum absolute atomic E-state index is 0.00938. The number of aryl methyl sites for hydroxylation is 1. The van der Waals surface area contributed by atoms with Gasteiger partial charge in [0.25, 0.3) is 0 Å². The second kappa shape index (κ2) is 6.46. The molecule has 9 nitrogen and oxygen atoms in total. The van der Waals surface area contributed by atoms with E-state index < -0.39 is 21.7 Å². The standard InChI is InChI=1S/C10H16N4O5S/c1-2-7-9(10(16)17)12-13-14(7)4-6-20(18,19)5-3-8(11)15/h2-6H2,1H3,(H2,11,15)(H,16,17). The average molecular weight is 304 g/mol. The number of carboxylic acids is 1. The number of rotatable bonds is 8. The number of nitrogens with zero attached hydrogens (tertiary/aromatic N) is 3. The summed E-state index contributed by atoms with van der Waals surface area (Å²) in [5.41, 5.74) is 5.08. The third kappa shape index (κ3) is 4.30. The van der Waals surface area contributed by atoms with Crippen molar-refractivity contribution < 1.29 is 23.1 Å². The first-order chi connectivity index (χ1) is 9.26. The first-order valence-corrected chi connectivity index (χ1v) is 7.73. The molecule has 3 N–H and O–H groups in total. The number of aromatic carboxylic acids is 1. The number of sulfone groups is 1. The van der Waals surface area contributed by atoms with E-state index in [9.17, 15) is 18.0 Å². The Labute approximate surface area is 115 Å². The predicted octanol–water partition coefficient (Wildman–Crippen LogP) is -1.17. The Kier molecular flexibility index (Phi) is 5.19. The Morgan fingerprint density at radius 1 is 1.35 bits per heavy atom. The van der Waals surface area contributed by atoms with Gasteiger partial charge in [-0.15, -0.1) is 5.10 Å². The Morgan fingerprint density at radius 3 is 2.50 bits per heavy atom. The van der Waals surface area contributed by atoms with Gasteiger partial charge in [-0.05, 0) is 6.42 Å². The third-order valence-electron chi connectivity index (χ3n) is 2.65. The van der Waals surface area contributed by atoms with Crippen LogP contribution in [-0.4, -0.2) is 51.9 Å². The maximum Gasteiger partial charge on any atom is 0.358 e. The molecule has 1 aromatic rings. The molecule has 1 aromatic heterocycles. The molecular formula is C10H16N4O5S. The van der Waals surface area contributed by atoms with Crippen molar-refractivity contribution in [1.82, 2.24) is 15.0 Å². The van der Waals surface area contributed by atoms with Gasteiger partial charge in [-0.1, -0.05) is 12.1 Å². The number of carbonyl (C=O) groups excluding carboxylic acids is 1. The first kappa shape index (κ1) is 16.1. The number of nitrogens with two attached hydrogens (primary N) is 1. The fourth-order valence-corrected chi connectivity index (χ4v) is 2.78. The molecule has 0 bridgehead atoms. The zero-order valence-corrected chi connectivity index (χ0v) is 11.8. The Bertz CT molecular complexity index is 607. The van der Waals surface area contributed by atoms with E-state index in [0.717, 1.165) is 0 Å². The van der Waals surface area contributed by atoms with Crippen LogP contribution in [-0.2, 0) is 27.6 Å². The lowest BCUT2D eigenvalue weighted by atomic mass is 10.2. The van der Waals surface area contributed by atoms with Crippen LogP contribution in [0.15, 0.2) is 0 Å². The van der Waals surface area contributed by atoms with Crippen LogP contribution in [0.1, 0.15) is 29.5 Å². The van der Waals surface area contributed by atoms with Crippen LogP contribution in [0.5, 0.6) is 0 Å². The molecule has 0 aromatic carbocycles. The highest BCUT2D eigenvalue weighted by atomic mass is 32.2. The van der Waals surface area contributed by atoms with E-state index in [1.807, 2.05) is 0 Å². The van der Waals surface area contributed by atoms with Crippen molar-refractivity contribution in [1.29, 1.82) is 0 Å². The van der Waals surface area contributed by atoms with Crippen molar-refractivity contribution in [3.63, 3.8) is 0 Å². The Balaban J connectivity index is 2.75. The van der Waals surface area contributed by atoms with E-state index in [1.54, 1.807) is 6.92 Å². The fraction of sp³-hybridized carbons (Fsp3) is 0.600. The Hall–Kier alpha value is -1.97. The van der Waals surface area contributed by atoms with Gasteiger partial charge in [0.15, 0.2) is 15.5 Å². The number of aromatic nitrogens is 3. The Morgan fingerprint density at radius 2 is 2.00 bits per heavy atom. The summed E-state index contributed by atoms with van der Waals surface area (Å²) in [5.74, 6) is -2.47. The summed E-state index contributed by atoms with van der Waals surface area (Å²) in [4.78, 5) is 21.5. The van der Waals surface area contributed by atoms with E-state index in [-0.39, 0.29) is 30.2 Å². The van der Waals surface area contributed by atoms with Crippen LogP contribution in [0.2, 0.25) is 0 Å². The topological polar surface area (TPSA) is 145 Å². The average Bonchev–Trinajstić information content (AvgIpc) is 2.77. The van der Waals surface area contributed by atoms with Gasteiger partial charge in [0.1, 0.15) is 0 Å². The zero-order valence-electron chi connectivity index (χ0n) is 10.9. The van der Waals surface area contributed by atoms with Gasteiger partial charge >= 0.3 is 5.97 Å². The van der Waals surface area contributed by atoms with Gasteiger partial charge in [-0.25, -0.2) is 17.9 Å². The number of hydrogen-bond donors (Lipinski definition) is 2. The molecule has 0 aliphatic carbocycles. The van der Waals surface area contributed by atoms with E-state index >= 15 is 0 Å². The molecular weight excluding hydrogens is 288 g/mol. The molecule has 0 atom stereocenters. The molecule has 1 heterocycles. The molecule has 0 aliphatic rings. The van der Waals surface area contributed by atoms with Crippen molar-refractivity contribution in [3.8, 4) is 0 Å². The van der Waals surface area contributed by atoms with Crippen LogP contribution in [0.3, 0.4) is 0 Å². The van der Waals surface area contributed by atoms with E-state index in [4.69, 9.17) is 10.8 Å². The molecule has 0 saturated heterocycles. The fourth-order valence-electron chi connectivity index (χ4n) is 1.61. The summed E-state index contributed by atoms with van der Waals surface area (Å²) >= 11 is 0. The van der Waals surface area contributed by atoms with Gasteiger partial charge in [-0.3, -0.25) is 4.79 Å². The molecule has 1 amide bonds. The summed E-state index contributed by atoms with van der Waals surface area (Å²) in [5, 5.41) is 16.0. The van der Waals surface area contributed by atoms with Crippen molar-refractivity contribution in [2.24, 2.45) is 5.73 Å². The highest BCUT2D eigenvalue weighted by Crippen LogP contribution is 2.07. The van der Waals surface area contributed by atoms with E-state index in [1.165, 1.54) is 4.68 Å². The molecule has 0 saturated carbocycles. The summed E-state index contributed by atoms with van der Waals surface area (Å²) < 4.78 is 24.6. The molecule has 1 rings (SSSR count). The molecule has 0 fully saturated rings. The van der Waals surface area contributed by atoms with Crippen molar-refractivity contribution in [2.75, 3.05) is 11.5 Å². The zero-order chi connectivity index (χ0) is 15.3. The largest absolute Gasteiger partial charge is 0.476 e. The molecule has 112 valence electrons. The number of primary amides is 1. The summed E-state index contributed by atoms with van der Waals surface area (Å²) in [7, 11) is -3.45. The molecule has 0 radical (unpaired) electrons. The molecule has 10 heteroatoms. The monoisotopic (exact) mass is 304 g/mol. The first-order valence-electron chi connectivity index (χ1n) is 5.91. The van der Waals surface area contributed by atoms with Crippen LogP contribution in [0.4, 0.5) is 0 Å². The quantitative estimate of drug-likeness (QED) is 0.615. The maximum atomic E-state index is 11.7. The van der Waals surface area contributed by atoms with E-state index in [0.29, 0.717) is 12.1 Å². The van der Waals surface area contributed by atoms with Crippen LogP contribution >= 0.6 is 0 Å². The summed E-state index contributed by atoms with van der Waals surface area (Å²) in [6.45, 7) is 1.72. The smallest absolute Gasteiger partial charge is 0.358 e. The highest BCUT2D eigenvalue weighted by molar-refractivity contribution is 7.91. The second-order valence-electron chi connectivity index (χ2n) is 4.13. The molecule has 0 unspecified atom stereocenters. The van der Waals surface area contributed by atoms with E-state index in [2.05, 4.69) is 10.3 Å². The maximum absolute atomic E-state index is 11.7. The molecule has 0 aliphatic heterocycles. The lowest BCUT2D eigenvalue weighted by Gasteiger charge is -2.06. The van der Waals surface area contributed by atoms with Crippen molar-refractivity contribution >= 4 is 21.7 Å². The lowest BCUT2D eigenvalue weighted by molar-refractivity contribution is -0.117. The predicted molar refractivity (Wildman–Crippen MR) is 68.8 cm³/mol. The summed E-state index contributed by atoms with van der Waals surface area (Å²) in [6, 6.07) is 0. The van der Waals surface area contributed by atoms with Crippen LogP contribution in [0, 0.1) is 0 Å². The van der Waals surface area contributed by atoms with Gasteiger partial charge in [-0.2, -0.15) is 0 Å². The number of carboxylic acid groups (broad SMARTS) is 1. The molecule has 0 spiro atoms. The molecule has 20 heavy (non-hydrogen) atoms. The third-order valence-corrected chi connectivity index (χ3v) is 4.28. The summed E-state index contributed by atoms with van der Waals surface area (Å²) in [6.07, 6.45) is 0.136. The van der Waals surface area contributed by atoms with Crippen molar-refractivity contribution in [3.05, 3.63) is 11.4 Å². The lowest BCUT2D eigenvalue weighted by Crippen LogP contribution is -2.22. The number of amides is 1. The SMILES string of the molecule is CCc1c(C(=O)O)nnn1CCS(=O)(=O)CCC(N)=O. The highest BCUT2D eigenvalue weighted by Gasteiger charge is 2.19. The van der Waals surface area contributed by atoms with Crippen LogP contribution < -0.4 is 5.73 Å².